The van der Waals surface area contributed by atoms with Crippen molar-refractivity contribution in [2.24, 2.45) is 11.7 Å². The predicted octanol–water partition coefficient (Wildman–Crippen LogP) is 1.63. The third kappa shape index (κ3) is 3.30. The molecule has 0 aromatic heterocycles. The Morgan fingerprint density at radius 1 is 1.26 bits per heavy atom. The van der Waals surface area contributed by atoms with Gasteiger partial charge in [0, 0.05) is 31.8 Å². The van der Waals surface area contributed by atoms with Gasteiger partial charge in [0.1, 0.15) is 0 Å². The molecule has 2 aliphatic heterocycles. The fourth-order valence-corrected chi connectivity index (χ4v) is 3.53. The van der Waals surface area contributed by atoms with Crippen LogP contribution >= 0.6 is 0 Å². The van der Waals surface area contributed by atoms with Crippen molar-refractivity contribution in [3.8, 4) is 0 Å². The molecule has 2 fully saturated rings. The van der Waals surface area contributed by atoms with Crippen molar-refractivity contribution >= 4 is 0 Å². The van der Waals surface area contributed by atoms with Crippen molar-refractivity contribution in [1.29, 1.82) is 0 Å². The molecule has 2 aliphatic rings. The molecule has 4 nitrogen and oxygen atoms in total. The van der Waals surface area contributed by atoms with Gasteiger partial charge in [-0.2, -0.15) is 0 Å². The Bertz CT molecular complexity index is 288. The molecule has 0 spiro atoms. The summed E-state index contributed by atoms with van der Waals surface area (Å²) in [5.41, 5.74) is 6.29. The summed E-state index contributed by atoms with van der Waals surface area (Å²) in [5, 5.41) is 0. The van der Waals surface area contributed by atoms with Gasteiger partial charge in [0.2, 0.25) is 0 Å². The summed E-state index contributed by atoms with van der Waals surface area (Å²) in [5.74, 6) is 0.558. The van der Waals surface area contributed by atoms with Crippen LogP contribution in [0.1, 0.15) is 40.5 Å². The zero-order valence-corrected chi connectivity index (χ0v) is 12.9. The first-order valence-corrected chi connectivity index (χ1v) is 7.69. The summed E-state index contributed by atoms with van der Waals surface area (Å²) in [6.45, 7) is 12.3. The highest BCUT2D eigenvalue weighted by molar-refractivity contribution is 4.99. The standard InChI is InChI=1S/C15H30N2O2/c1-11(2)14-7-15(10-16,5-6-18-14)17-8-12(3)19-13(4)9-17/h11-14H,5-10,16H2,1-4H3/t12-,13+,14?,15?. The summed E-state index contributed by atoms with van der Waals surface area (Å²) < 4.78 is 11.8. The molecular weight excluding hydrogens is 240 g/mol. The minimum absolute atomic E-state index is 0.111. The van der Waals surface area contributed by atoms with Crippen LogP contribution in [0.15, 0.2) is 0 Å². The molecule has 2 saturated heterocycles. The van der Waals surface area contributed by atoms with E-state index in [1.165, 1.54) is 0 Å². The molecule has 2 unspecified atom stereocenters. The molecule has 0 saturated carbocycles. The van der Waals surface area contributed by atoms with Crippen molar-refractivity contribution in [3.63, 3.8) is 0 Å². The number of rotatable bonds is 3. The van der Waals surface area contributed by atoms with E-state index in [2.05, 4.69) is 32.6 Å². The Kier molecular flexibility index (Phi) is 4.88. The van der Waals surface area contributed by atoms with Crippen LogP contribution < -0.4 is 5.73 Å². The monoisotopic (exact) mass is 270 g/mol. The highest BCUT2D eigenvalue weighted by Gasteiger charge is 2.43. The molecule has 2 N–H and O–H groups in total. The van der Waals surface area contributed by atoms with E-state index in [1.54, 1.807) is 0 Å². The molecule has 0 aromatic rings. The second kappa shape index (κ2) is 6.08. The Morgan fingerprint density at radius 2 is 1.89 bits per heavy atom. The first-order valence-electron chi connectivity index (χ1n) is 7.69. The molecule has 4 heteroatoms. The third-order valence-electron chi connectivity index (χ3n) is 4.69. The van der Waals surface area contributed by atoms with E-state index < -0.39 is 0 Å². The molecule has 2 heterocycles. The number of morpholine rings is 1. The van der Waals surface area contributed by atoms with E-state index in [1.807, 2.05) is 0 Å². The zero-order valence-electron chi connectivity index (χ0n) is 12.9. The molecule has 0 aromatic carbocycles. The highest BCUT2D eigenvalue weighted by Crippen LogP contribution is 2.34. The minimum atomic E-state index is 0.111. The number of nitrogens with two attached hydrogens (primary N) is 1. The van der Waals surface area contributed by atoms with E-state index in [0.717, 1.165) is 39.1 Å². The SMILES string of the molecule is CC(C)C1CC(CN)(N2C[C@@H](C)O[C@@H](C)C2)CCO1. The van der Waals surface area contributed by atoms with Gasteiger partial charge in [0.15, 0.2) is 0 Å². The smallest absolute Gasteiger partial charge is 0.0678 e. The molecule has 0 radical (unpaired) electrons. The van der Waals surface area contributed by atoms with Gasteiger partial charge in [-0.25, -0.2) is 0 Å². The summed E-state index contributed by atoms with van der Waals surface area (Å²) in [7, 11) is 0. The van der Waals surface area contributed by atoms with Crippen LogP contribution in [0.5, 0.6) is 0 Å². The number of nitrogens with zero attached hydrogens (tertiary/aromatic N) is 1. The Labute approximate surface area is 117 Å². The van der Waals surface area contributed by atoms with Gasteiger partial charge in [-0.1, -0.05) is 13.8 Å². The maximum atomic E-state index is 6.18. The first-order chi connectivity index (χ1) is 8.97. The Hall–Kier alpha value is -0.160. The van der Waals surface area contributed by atoms with Crippen LogP contribution in [0.4, 0.5) is 0 Å². The van der Waals surface area contributed by atoms with Crippen molar-refractivity contribution < 1.29 is 9.47 Å². The van der Waals surface area contributed by atoms with E-state index >= 15 is 0 Å². The lowest BCUT2D eigenvalue weighted by atomic mass is 9.81. The fraction of sp³-hybridized carbons (Fsp3) is 1.00. The van der Waals surface area contributed by atoms with Gasteiger partial charge in [0.25, 0.3) is 0 Å². The van der Waals surface area contributed by atoms with Crippen molar-refractivity contribution in [1.82, 2.24) is 4.90 Å². The van der Waals surface area contributed by atoms with Crippen molar-refractivity contribution in [3.05, 3.63) is 0 Å². The number of hydrogen-bond acceptors (Lipinski definition) is 4. The van der Waals surface area contributed by atoms with Gasteiger partial charge in [-0.3, -0.25) is 4.90 Å². The van der Waals surface area contributed by atoms with Gasteiger partial charge >= 0.3 is 0 Å². The molecule has 112 valence electrons. The van der Waals surface area contributed by atoms with E-state index in [0.29, 0.717) is 24.2 Å². The summed E-state index contributed by atoms with van der Waals surface area (Å²) >= 11 is 0. The van der Waals surface area contributed by atoms with Crippen molar-refractivity contribution in [2.75, 3.05) is 26.2 Å². The van der Waals surface area contributed by atoms with Crippen LogP contribution in [0.25, 0.3) is 0 Å². The van der Waals surface area contributed by atoms with Gasteiger partial charge in [-0.05, 0) is 32.6 Å². The average Bonchev–Trinajstić information content (AvgIpc) is 2.37. The normalized spacial score (nSPS) is 41.7. The molecule has 2 rings (SSSR count). The third-order valence-corrected chi connectivity index (χ3v) is 4.69. The molecule has 19 heavy (non-hydrogen) atoms. The van der Waals surface area contributed by atoms with Crippen molar-refractivity contribution in [2.45, 2.75) is 64.4 Å². The second-order valence-corrected chi connectivity index (χ2v) is 6.70. The first kappa shape index (κ1) is 15.2. The minimum Gasteiger partial charge on any atom is -0.378 e. The van der Waals surface area contributed by atoms with Gasteiger partial charge < -0.3 is 15.2 Å². The Morgan fingerprint density at radius 3 is 2.42 bits per heavy atom. The average molecular weight is 270 g/mol. The summed E-state index contributed by atoms with van der Waals surface area (Å²) in [6.07, 6.45) is 3.04. The number of hydrogen-bond donors (Lipinski definition) is 1. The van der Waals surface area contributed by atoms with Crippen LogP contribution in [0.3, 0.4) is 0 Å². The molecule has 0 amide bonds. The van der Waals surface area contributed by atoms with E-state index in [9.17, 15) is 0 Å². The van der Waals surface area contributed by atoms with Gasteiger partial charge in [0.05, 0.1) is 18.3 Å². The summed E-state index contributed by atoms with van der Waals surface area (Å²) in [4.78, 5) is 2.57. The van der Waals surface area contributed by atoms with E-state index in [4.69, 9.17) is 15.2 Å². The molecule has 0 aliphatic carbocycles. The largest absolute Gasteiger partial charge is 0.378 e. The maximum absolute atomic E-state index is 6.18. The lowest BCUT2D eigenvalue weighted by molar-refractivity contribution is -0.140. The van der Waals surface area contributed by atoms with Crippen LogP contribution in [-0.4, -0.2) is 55.0 Å². The molecular formula is C15H30N2O2. The fourth-order valence-electron chi connectivity index (χ4n) is 3.53. The molecule has 4 atom stereocenters. The topological polar surface area (TPSA) is 47.7 Å². The number of ether oxygens (including phenoxy) is 2. The quantitative estimate of drug-likeness (QED) is 0.847. The Balaban J connectivity index is 2.12. The van der Waals surface area contributed by atoms with Crippen LogP contribution in [0, 0.1) is 5.92 Å². The lowest BCUT2D eigenvalue weighted by Crippen LogP contribution is -2.63. The summed E-state index contributed by atoms with van der Waals surface area (Å²) in [6, 6.07) is 0. The zero-order chi connectivity index (χ0) is 14.0. The predicted molar refractivity (Wildman–Crippen MR) is 77.2 cm³/mol. The second-order valence-electron chi connectivity index (χ2n) is 6.70. The van der Waals surface area contributed by atoms with E-state index in [-0.39, 0.29) is 5.54 Å². The lowest BCUT2D eigenvalue weighted by Gasteiger charge is -2.52. The van der Waals surface area contributed by atoms with Crippen LogP contribution in [0.2, 0.25) is 0 Å². The highest BCUT2D eigenvalue weighted by atomic mass is 16.5. The van der Waals surface area contributed by atoms with Crippen LogP contribution in [-0.2, 0) is 9.47 Å². The van der Waals surface area contributed by atoms with Gasteiger partial charge in [-0.15, -0.1) is 0 Å². The molecule has 0 bridgehead atoms. The maximum Gasteiger partial charge on any atom is 0.0678 e.